The number of hydrogen-bond donors (Lipinski definition) is 2. The van der Waals surface area contributed by atoms with Gasteiger partial charge in [0.1, 0.15) is 17.1 Å². The van der Waals surface area contributed by atoms with Gasteiger partial charge in [0.25, 0.3) is 0 Å². The maximum Gasteiger partial charge on any atom is 0.420 e. The van der Waals surface area contributed by atoms with E-state index in [4.69, 9.17) is 20.9 Å². The Labute approximate surface area is 208 Å². The van der Waals surface area contributed by atoms with Crippen LogP contribution in [-0.2, 0) is 15.7 Å². The normalized spacial score (nSPS) is 18.1. The van der Waals surface area contributed by atoms with Crippen molar-refractivity contribution in [3.05, 3.63) is 41.5 Å². The quantitative estimate of drug-likeness (QED) is 0.366. The summed E-state index contributed by atoms with van der Waals surface area (Å²) in [5.41, 5.74) is 10.1. The number of carbonyl (C=O) groups excluding carboxylic acids is 2. The SMILES string of the molecule is COC(=O)c1cc(Oc2cc(N)c(N)cc2C(F)(F)F)ccc1N(C(=O)[C@H]1CC[C@H](C)CC1)C(C)C. The third-order valence-electron chi connectivity index (χ3n) is 6.47. The van der Waals surface area contributed by atoms with Crippen molar-refractivity contribution < 1.29 is 32.2 Å². The lowest BCUT2D eigenvalue weighted by Crippen LogP contribution is -2.43. The molecule has 10 heteroatoms. The predicted molar refractivity (Wildman–Crippen MR) is 132 cm³/mol. The van der Waals surface area contributed by atoms with Gasteiger partial charge in [-0.1, -0.05) is 6.92 Å². The van der Waals surface area contributed by atoms with E-state index in [1.165, 1.54) is 25.3 Å². The van der Waals surface area contributed by atoms with Crippen LogP contribution in [0.15, 0.2) is 30.3 Å². The minimum atomic E-state index is -4.75. The Kier molecular flexibility index (Phi) is 8.05. The highest BCUT2D eigenvalue weighted by atomic mass is 19.4. The standard InChI is InChI=1S/C26H32F3N3O4/c1-14(2)32(24(33)16-7-5-15(3)6-8-16)22-10-9-17(11-18(22)25(34)35-4)36-23-13-21(31)20(30)12-19(23)26(27,28)29/h9-16H,5-8,30-31H2,1-4H3/t15-,16-. The Bertz CT molecular complexity index is 1130. The van der Waals surface area contributed by atoms with Gasteiger partial charge in [-0.3, -0.25) is 4.79 Å². The Morgan fingerprint density at radius 1 is 1.03 bits per heavy atom. The second-order valence-electron chi connectivity index (χ2n) is 9.51. The van der Waals surface area contributed by atoms with Crippen LogP contribution in [0.3, 0.4) is 0 Å². The number of esters is 1. The first-order chi connectivity index (χ1) is 16.8. The summed E-state index contributed by atoms with van der Waals surface area (Å²) in [6, 6.07) is 5.56. The number of amides is 1. The zero-order chi connectivity index (χ0) is 26.8. The van der Waals surface area contributed by atoms with Crippen LogP contribution in [-0.4, -0.2) is 25.0 Å². The van der Waals surface area contributed by atoms with Gasteiger partial charge in [-0.15, -0.1) is 0 Å². The van der Waals surface area contributed by atoms with E-state index < -0.39 is 23.5 Å². The van der Waals surface area contributed by atoms with Crippen LogP contribution in [0.2, 0.25) is 0 Å². The van der Waals surface area contributed by atoms with E-state index >= 15 is 0 Å². The van der Waals surface area contributed by atoms with Gasteiger partial charge in [0.05, 0.1) is 29.7 Å². The van der Waals surface area contributed by atoms with Crippen LogP contribution >= 0.6 is 0 Å². The average Bonchev–Trinajstić information content (AvgIpc) is 2.81. The predicted octanol–water partition coefficient (Wildman–Crippen LogP) is 6.02. The molecule has 0 spiro atoms. The molecule has 0 saturated heterocycles. The van der Waals surface area contributed by atoms with Crippen LogP contribution in [0, 0.1) is 11.8 Å². The molecule has 1 aliphatic carbocycles. The van der Waals surface area contributed by atoms with Gasteiger partial charge in [0.2, 0.25) is 5.91 Å². The van der Waals surface area contributed by atoms with Crippen molar-refractivity contribution in [1.82, 2.24) is 0 Å². The van der Waals surface area contributed by atoms with Crippen LogP contribution in [0.25, 0.3) is 0 Å². The monoisotopic (exact) mass is 507 g/mol. The molecular weight excluding hydrogens is 475 g/mol. The highest BCUT2D eigenvalue weighted by Crippen LogP contribution is 2.42. The zero-order valence-corrected chi connectivity index (χ0v) is 20.8. The van der Waals surface area contributed by atoms with Crippen molar-refractivity contribution in [2.24, 2.45) is 11.8 Å². The van der Waals surface area contributed by atoms with Gasteiger partial charge in [0.15, 0.2) is 0 Å². The number of nitrogens with zero attached hydrogens (tertiary/aromatic N) is 1. The highest BCUT2D eigenvalue weighted by molar-refractivity contribution is 6.04. The summed E-state index contributed by atoms with van der Waals surface area (Å²) < 4.78 is 51.2. The molecule has 4 N–H and O–H groups in total. The molecule has 3 rings (SSSR count). The number of alkyl halides is 3. The summed E-state index contributed by atoms with van der Waals surface area (Å²) in [5, 5.41) is 0. The molecule has 1 saturated carbocycles. The first-order valence-corrected chi connectivity index (χ1v) is 11.8. The molecule has 0 aliphatic heterocycles. The zero-order valence-electron chi connectivity index (χ0n) is 20.8. The number of nitrogen functional groups attached to an aromatic ring is 2. The van der Waals surface area contributed by atoms with Crippen LogP contribution < -0.4 is 21.1 Å². The van der Waals surface area contributed by atoms with Crippen LogP contribution in [0.5, 0.6) is 11.5 Å². The number of anilines is 3. The molecule has 1 fully saturated rings. The van der Waals surface area contributed by atoms with Crippen LogP contribution in [0.4, 0.5) is 30.2 Å². The molecule has 2 aromatic rings. The molecule has 0 atom stereocenters. The highest BCUT2D eigenvalue weighted by Gasteiger charge is 2.36. The molecule has 0 aromatic heterocycles. The first kappa shape index (κ1) is 27.2. The minimum Gasteiger partial charge on any atom is -0.465 e. The molecule has 0 unspecified atom stereocenters. The van der Waals surface area contributed by atoms with Crippen molar-refractivity contribution >= 4 is 28.9 Å². The van der Waals surface area contributed by atoms with Crippen molar-refractivity contribution in [2.75, 3.05) is 23.5 Å². The fraction of sp³-hybridized carbons (Fsp3) is 0.462. The Hall–Kier alpha value is -3.43. The van der Waals surface area contributed by atoms with Gasteiger partial charge in [0, 0.05) is 18.0 Å². The fourth-order valence-electron chi connectivity index (χ4n) is 4.46. The van der Waals surface area contributed by atoms with Gasteiger partial charge in [-0.2, -0.15) is 13.2 Å². The number of rotatable bonds is 6. The minimum absolute atomic E-state index is 0.00166. The summed E-state index contributed by atoms with van der Waals surface area (Å²) in [6.45, 7) is 5.83. The third-order valence-corrected chi connectivity index (χ3v) is 6.47. The van der Waals surface area contributed by atoms with Gasteiger partial charge in [-0.05, 0) is 69.7 Å². The molecule has 0 radical (unpaired) electrons. The smallest absolute Gasteiger partial charge is 0.420 e. The van der Waals surface area contributed by atoms with Crippen molar-refractivity contribution in [3.8, 4) is 11.5 Å². The topological polar surface area (TPSA) is 108 Å². The molecule has 7 nitrogen and oxygen atoms in total. The van der Waals surface area contributed by atoms with Gasteiger partial charge < -0.3 is 25.8 Å². The molecule has 1 amide bonds. The first-order valence-electron chi connectivity index (χ1n) is 11.8. The van der Waals surface area contributed by atoms with E-state index in [2.05, 4.69) is 6.92 Å². The molecule has 196 valence electrons. The number of benzene rings is 2. The van der Waals surface area contributed by atoms with Gasteiger partial charge >= 0.3 is 12.1 Å². The molecule has 1 aliphatic rings. The van der Waals surface area contributed by atoms with E-state index in [1.807, 2.05) is 13.8 Å². The number of carbonyl (C=O) groups is 2. The maximum absolute atomic E-state index is 13.6. The van der Waals surface area contributed by atoms with Crippen molar-refractivity contribution in [3.63, 3.8) is 0 Å². The van der Waals surface area contributed by atoms with Crippen molar-refractivity contribution in [1.29, 1.82) is 0 Å². The maximum atomic E-state index is 13.6. The number of methoxy groups -OCH3 is 1. The summed E-state index contributed by atoms with van der Waals surface area (Å²) >= 11 is 0. The number of ether oxygens (including phenoxy) is 2. The molecule has 36 heavy (non-hydrogen) atoms. The molecule has 0 heterocycles. The molecule has 0 bridgehead atoms. The Balaban J connectivity index is 2.03. The second-order valence-corrected chi connectivity index (χ2v) is 9.51. The largest absolute Gasteiger partial charge is 0.465 e. The summed E-state index contributed by atoms with van der Waals surface area (Å²) in [5.74, 6) is -1.08. The third kappa shape index (κ3) is 5.85. The van der Waals surface area contributed by atoms with E-state index in [0.717, 1.165) is 31.7 Å². The number of hydrogen-bond acceptors (Lipinski definition) is 6. The van der Waals surface area contributed by atoms with Crippen LogP contribution in [0.1, 0.15) is 62.4 Å². The lowest BCUT2D eigenvalue weighted by Gasteiger charge is -2.34. The average molecular weight is 508 g/mol. The number of halogens is 3. The Morgan fingerprint density at radius 2 is 1.64 bits per heavy atom. The summed E-state index contributed by atoms with van der Waals surface area (Å²) in [4.78, 5) is 27.8. The summed E-state index contributed by atoms with van der Waals surface area (Å²) in [7, 11) is 1.19. The van der Waals surface area contributed by atoms with Gasteiger partial charge in [-0.25, -0.2) is 4.79 Å². The van der Waals surface area contributed by atoms with E-state index in [1.54, 1.807) is 4.90 Å². The van der Waals surface area contributed by atoms with E-state index in [0.29, 0.717) is 17.7 Å². The lowest BCUT2D eigenvalue weighted by atomic mass is 9.82. The molecule has 2 aromatic carbocycles. The molecular formula is C26H32F3N3O4. The number of nitrogens with two attached hydrogens (primary N) is 2. The van der Waals surface area contributed by atoms with E-state index in [9.17, 15) is 22.8 Å². The van der Waals surface area contributed by atoms with E-state index in [-0.39, 0.29) is 40.6 Å². The second kappa shape index (κ2) is 10.7. The summed E-state index contributed by atoms with van der Waals surface area (Å²) in [6.07, 6.45) is -1.33. The lowest BCUT2D eigenvalue weighted by molar-refractivity contribution is -0.138. The fourth-order valence-corrected chi connectivity index (χ4v) is 4.46. The van der Waals surface area contributed by atoms with Crippen molar-refractivity contribution in [2.45, 2.75) is 58.7 Å². The Morgan fingerprint density at radius 3 is 2.19 bits per heavy atom.